The average Bonchev–Trinajstić information content (AvgIpc) is 2.99. The van der Waals surface area contributed by atoms with Crippen molar-refractivity contribution >= 4 is 34.7 Å². The number of nitrogens with zero attached hydrogens (tertiary/aromatic N) is 2. The minimum absolute atomic E-state index is 0.118. The van der Waals surface area contributed by atoms with Gasteiger partial charge in [-0.3, -0.25) is 5.43 Å². The molecule has 1 aromatic heterocycles. The number of hydrazone groups is 1. The van der Waals surface area contributed by atoms with E-state index in [9.17, 15) is 4.79 Å². The summed E-state index contributed by atoms with van der Waals surface area (Å²) in [5.41, 5.74) is 8.29. The fourth-order valence-electron chi connectivity index (χ4n) is 1.93. The lowest BCUT2D eigenvalue weighted by Gasteiger charge is -2.20. The van der Waals surface area contributed by atoms with E-state index in [1.807, 2.05) is 0 Å². The van der Waals surface area contributed by atoms with Crippen molar-refractivity contribution in [2.45, 2.75) is 26.4 Å². The van der Waals surface area contributed by atoms with Crippen LogP contribution in [0.25, 0.3) is 0 Å². The lowest BCUT2D eigenvalue weighted by Crippen LogP contribution is -2.26. The largest absolute Gasteiger partial charge is 0.514 e. The van der Waals surface area contributed by atoms with E-state index >= 15 is 0 Å². The predicted molar refractivity (Wildman–Crippen MR) is 104 cm³/mol. The molecule has 146 valence electrons. The SMILES string of the molecule is COc1cc(C=NNc2nc(N)cs2)cc(OC)c1OC(=O)OC(C)(C)C. The Morgan fingerprint density at radius 3 is 2.37 bits per heavy atom. The molecule has 0 aliphatic carbocycles. The number of nitrogen functional groups attached to an aromatic ring is 1. The number of benzene rings is 1. The average molecular weight is 394 g/mol. The fourth-order valence-corrected chi connectivity index (χ4v) is 2.48. The maximum absolute atomic E-state index is 12.0. The third-order valence-corrected chi connectivity index (χ3v) is 3.72. The molecule has 9 nitrogen and oxygen atoms in total. The maximum Gasteiger partial charge on any atom is 0.514 e. The summed E-state index contributed by atoms with van der Waals surface area (Å²) < 4.78 is 21.0. The molecule has 0 radical (unpaired) electrons. The number of anilines is 2. The minimum Gasteiger partial charge on any atom is -0.493 e. The van der Waals surface area contributed by atoms with Gasteiger partial charge in [0.25, 0.3) is 0 Å². The van der Waals surface area contributed by atoms with E-state index in [4.69, 9.17) is 24.7 Å². The number of ether oxygens (including phenoxy) is 4. The number of methoxy groups -OCH3 is 2. The molecule has 1 aromatic carbocycles. The molecule has 1 heterocycles. The van der Waals surface area contributed by atoms with E-state index in [2.05, 4.69) is 15.5 Å². The van der Waals surface area contributed by atoms with Gasteiger partial charge in [0, 0.05) is 10.9 Å². The molecule has 0 amide bonds. The van der Waals surface area contributed by atoms with Crippen LogP contribution in [-0.2, 0) is 4.74 Å². The van der Waals surface area contributed by atoms with Gasteiger partial charge in [-0.05, 0) is 32.9 Å². The number of carbonyl (C=O) groups is 1. The normalized spacial score (nSPS) is 11.3. The quantitative estimate of drug-likeness (QED) is 0.331. The molecule has 0 saturated heterocycles. The van der Waals surface area contributed by atoms with Crippen LogP contribution in [0.1, 0.15) is 26.3 Å². The second-order valence-corrected chi connectivity index (χ2v) is 7.13. The Kier molecular flexibility index (Phi) is 6.45. The van der Waals surface area contributed by atoms with Gasteiger partial charge in [-0.2, -0.15) is 5.10 Å². The van der Waals surface area contributed by atoms with Crippen LogP contribution >= 0.6 is 11.3 Å². The van der Waals surface area contributed by atoms with Crippen molar-refractivity contribution in [2.75, 3.05) is 25.4 Å². The molecule has 10 heteroatoms. The fraction of sp³-hybridized carbons (Fsp3) is 0.353. The first kappa shape index (κ1) is 20.3. The molecular weight excluding hydrogens is 372 g/mol. The van der Waals surface area contributed by atoms with Crippen LogP contribution in [0.15, 0.2) is 22.6 Å². The van der Waals surface area contributed by atoms with Crippen LogP contribution in [-0.4, -0.2) is 37.2 Å². The van der Waals surface area contributed by atoms with Gasteiger partial charge in [0.15, 0.2) is 11.5 Å². The monoisotopic (exact) mass is 394 g/mol. The van der Waals surface area contributed by atoms with Crippen LogP contribution in [0.3, 0.4) is 0 Å². The molecule has 0 aliphatic heterocycles. The number of carbonyl (C=O) groups excluding carboxylic acids is 1. The van der Waals surface area contributed by atoms with Crippen LogP contribution in [0.5, 0.6) is 17.2 Å². The number of nitrogens with two attached hydrogens (primary N) is 1. The third kappa shape index (κ3) is 6.03. The number of hydrogen-bond acceptors (Lipinski definition) is 10. The molecule has 0 atom stereocenters. The van der Waals surface area contributed by atoms with Gasteiger partial charge in [-0.1, -0.05) is 0 Å². The van der Waals surface area contributed by atoms with E-state index in [0.29, 0.717) is 28.0 Å². The molecular formula is C17H22N4O5S. The molecule has 2 aromatic rings. The lowest BCUT2D eigenvalue weighted by molar-refractivity contribution is 0.0195. The van der Waals surface area contributed by atoms with E-state index in [1.165, 1.54) is 25.6 Å². The number of hydrogen-bond donors (Lipinski definition) is 2. The predicted octanol–water partition coefficient (Wildman–Crippen LogP) is 3.50. The zero-order chi connectivity index (χ0) is 20.0. The summed E-state index contributed by atoms with van der Waals surface area (Å²) >= 11 is 1.33. The number of rotatable bonds is 6. The summed E-state index contributed by atoms with van der Waals surface area (Å²) in [6.07, 6.45) is 0.684. The molecule has 0 spiro atoms. The Balaban J connectivity index is 2.20. The number of aromatic nitrogens is 1. The van der Waals surface area contributed by atoms with Crippen molar-refractivity contribution in [3.63, 3.8) is 0 Å². The highest BCUT2D eigenvalue weighted by Gasteiger charge is 2.22. The van der Waals surface area contributed by atoms with Crippen LogP contribution in [0.4, 0.5) is 15.7 Å². The lowest BCUT2D eigenvalue weighted by atomic mass is 10.2. The second kappa shape index (κ2) is 8.58. The Bertz CT molecular complexity index is 804. The van der Waals surface area contributed by atoms with Gasteiger partial charge < -0.3 is 24.7 Å². The van der Waals surface area contributed by atoms with Crippen molar-refractivity contribution in [3.8, 4) is 17.2 Å². The van der Waals surface area contributed by atoms with Gasteiger partial charge in [-0.15, -0.1) is 11.3 Å². The van der Waals surface area contributed by atoms with E-state index < -0.39 is 11.8 Å². The first-order valence-corrected chi connectivity index (χ1v) is 8.76. The van der Waals surface area contributed by atoms with Crippen LogP contribution < -0.4 is 25.4 Å². The van der Waals surface area contributed by atoms with Crippen molar-refractivity contribution < 1.29 is 23.7 Å². The van der Waals surface area contributed by atoms with Crippen molar-refractivity contribution in [1.29, 1.82) is 0 Å². The van der Waals surface area contributed by atoms with E-state index in [0.717, 1.165) is 0 Å². The number of thiazole rings is 1. The van der Waals surface area contributed by atoms with Crippen molar-refractivity contribution in [2.24, 2.45) is 5.10 Å². The molecule has 0 bridgehead atoms. The summed E-state index contributed by atoms with van der Waals surface area (Å²) in [7, 11) is 2.91. The Morgan fingerprint density at radius 1 is 1.26 bits per heavy atom. The van der Waals surface area contributed by atoms with E-state index in [-0.39, 0.29) is 5.75 Å². The van der Waals surface area contributed by atoms with Gasteiger partial charge in [-0.25, -0.2) is 9.78 Å². The zero-order valence-electron chi connectivity index (χ0n) is 15.7. The topological polar surface area (TPSA) is 117 Å². The van der Waals surface area contributed by atoms with Crippen LogP contribution in [0.2, 0.25) is 0 Å². The first-order chi connectivity index (χ1) is 12.7. The molecule has 0 saturated carbocycles. The van der Waals surface area contributed by atoms with Crippen LogP contribution in [0, 0.1) is 0 Å². The Hall–Kier alpha value is -3.01. The molecule has 0 aliphatic rings. The summed E-state index contributed by atoms with van der Waals surface area (Å²) in [5, 5.41) is 6.35. The highest BCUT2D eigenvalue weighted by atomic mass is 32.1. The molecule has 0 unspecified atom stereocenters. The van der Waals surface area contributed by atoms with Crippen molar-refractivity contribution in [1.82, 2.24) is 4.98 Å². The molecule has 2 rings (SSSR count). The summed E-state index contributed by atoms with van der Waals surface area (Å²) in [6, 6.07) is 3.28. The standard InChI is InChI=1S/C17H22N4O5S/c1-17(2,3)26-16(22)25-14-11(23-4)6-10(7-12(14)24-5)8-19-21-15-20-13(18)9-27-15/h6-9H,18H2,1-5H3,(H,20,21). The molecule has 27 heavy (non-hydrogen) atoms. The van der Waals surface area contributed by atoms with Gasteiger partial charge in [0.1, 0.15) is 11.4 Å². The van der Waals surface area contributed by atoms with Gasteiger partial charge >= 0.3 is 6.16 Å². The number of nitrogens with one attached hydrogen (secondary N) is 1. The molecule has 0 fully saturated rings. The summed E-state index contributed by atoms with van der Waals surface area (Å²) in [4.78, 5) is 16.0. The summed E-state index contributed by atoms with van der Waals surface area (Å²) in [6.45, 7) is 5.22. The van der Waals surface area contributed by atoms with Gasteiger partial charge in [0.05, 0.1) is 20.4 Å². The summed E-state index contributed by atoms with van der Waals surface area (Å²) in [5.74, 6) is 1.12. The van der Waals surface area contributed by atoms with Gasteiger partial charge in [0.2, 0.25) is 10.9 Å². The smallest absolute Gasteiger partial charge is 0.493 e. The highest BCUT2D eigenvalue weighted by Crippen LogP contribution is 2.38. The van der Waals surface area contributed by atoms with Crippen molar-refractivity contribution in [3.05, 3.63) is 23.1 Å². The first-order valence-electron chi connectivity index (χ1n) is 7.88. The Morgan fingerprint density at radius 2 is 1.89 bits per heavy atom. The third-order valence-electron chi connectivity index (χ3n) is 2.95. The Labute approximate surface area is 161 Å². The zero-order valence-corrected chi connectivity index (χ0v) is 16.5. The second-order valence-electron chi connectivity index (χ2n) is 6.27. The minimum atomic E-state index is -0.858. The molecule has 3 N–H and O–H groups in total. The van der Waals surface area contributed by atoms with E-state index in [1.54, 1.807) is 44.5 Å². The maximum atomic E-state index is 12.0. The highest BCUT2D eigenvalue weighted by molar-refractivity contribution is 7.14.